The van der Waals surface area contributed by atoms with Crippen LogP contribution < -0.4 is 4.74 Å². The van der Waals surface area contributed by atoms with Crippen molar-refractivity contribution in [2.75, 3.05) is 19.7 Å². The molecule has 6 nitrogen and oxygen atoms in total. The maximum Gasteiger partial charge on any atom is 0.341 e. The van der Waals surface area contributed by atoms with Crippen molar-refractivity contribution in [2.24, 2.45) is 0 Å². The summed E-state index contributed by atoms with van der Waals surface area (Å²) in [7, 11) is -3.68. The molecule has 0 aliphatic rings. The standard InChI is InChI=1S/C25H30ClNO5S3/c1-5-11-27(35(30,31)25-17(4)21-13-18(26)7-10-23(21)34-25)14-19(6-2)33-20-8-9-22(16(3)12-20)32-15-24(28)29/h7-10,12-13,19H,5-6,11,14-15H2,1-4H3,(H,28,29)/t19-/m1/s1. The summed E-state index contributed by atoms with van der Waals surface area (Å²) in [5, 5.41) is 10.3. The minimum absolute atomic E-state index is 0.0469. The number of rotatable bonds is 12. The monoisotopic (exact) mass is 555 g/mol. The number of sulfonamides is 1. The first-order valence-corrected chi connectivity index (χ1v) is 14.9. The van der Waals surface area contributed by atoms with Gasteiger partial charge in [0.2, 0.25) is 0 Å². The highest BCUT2D eigenvalue weighted by Gasteiger charge is 2.30. The minimum Gasteiger partial charge on any atom is -0.482 e. The van der Waals surface area contributed by atoms with Crippen LogP contribution in [0, 0.1) is 13.8 Å². The van der Waals surface area contributed by atoms with E-state index in [2.05, 4.69) is 6.92 Å². The van der Waals surface area contributed by atoms with Gasteiger partial charge in [0.05, 0.1) is 0 Å². The number of halogens is 1. The van der Waals surface area contributed by atoms with Gasteiger partial charge in [-0.15, -0.1) is 23.1 Å². The Morgan fingerprint density at radius 2 is 1.94 bits per heavy atom. The lowest BCUT2D eigenvalue weighted by molar-refractivity contribution is -0.139. The Kier molecular flexibility index (Phi) is 9.51. The first kappa shape index (κ1) is 27.8. The van der Waals surface area contributed by atoms with E-state index in [0.717, 1.165) is 32.5 Å². The van der Waals surface area contributed by atoms with E-state index < -0.39 is 22.6 Å². The zero-order chi connectivity index (χ0) is 25.8. The van der Waals surface area contributed by atoms with Gasteiger partial charge in [-0.2, -0.15) is 4.31 Å². The Balaban J connectivity index is 1.83. The average Bonchev–Trinajstić information content (AvgIpc) is 3.14. The van der Waals surface area contributed by atoms with Crippen LogP contribution in [0.1, 0.15) is 37.8 Å². The Labute approximate surface area is 220 Å². The molecule has 190 valence electrons. The van der Waals surface area contributed by atoms with Crippen LogP contribution in [-0.4, -0.2) is 48.7 Å². The van der Waals surface area contributed by atoms with Crippen molar-refractivity contribution in [1.82, 2.24) is 4.31 Å². The second-order valence-corrected chi connectivity index (χ2v) is 13.3. The molecule has 0 radical (unpaired) electrons. The number of fused-ring (bicyclic) bond motifs is 1. The van der Waals surface area contributed by atoms with E-state index in [4.69, 9.17) is 21.4 Å². The van der Waals surface area contributed by atoms with E-state index in [1.54, 1.807) is 28.2 Å². The second kappa shape index (κ2) is 12.0. The summed E-state index contributed by atoms with van der Waals surface area (Å²) in [5.74, 6) is -0.497. The fourth-order valence-electron chi connectivity index (χ4n) is 3.76. The molecule has 0 aliphatic heterocycles. The van der Waals surface area contributed by atoms with Crippen molar-refractivity contribution in [2.45, 2.75) is 54.9 Å². The molecule has 3 rings (SSSR count). The molecule has 1 N–H and O–H groups in total. The lowest BCUT2D eigenvalue weighted by Crippen LogP contribution is -2.37. The third-order valence-electron chi connectivity index (χ3n) is 5.56. The van der Waals surface area contributed by atoms with Crippen molar-refractivity contribution < 1.29 is 23.1 Å². The quantitative estimate of drug-likeness (QED) is 0.253. The molecular weight excluding hydrogens is 526 g/mol. The molecule has 3 aromatic rings. The summed E-state index contributed by atoms with van der Waals surface area (Å²) >= 11 is 9.06. The number of carboxylic acid groups (broad SMARTS) is 1. The number of ether oxygens (including phenoxy) is 1. The van der Waals surface area contributed by atoms with Crippen LogP contribution in [0.15, 0.2) is 45.5 Å². The number of benzene rings is 2. The molecule has 0 unspecified atom stereocenters. The molecule has 1 heterocycles. The van der Waals surface area contributed by atoms with E-state index in [1.165, 1.54) is 11.3 Å². The number of carbonyl (C=O) groups is 1. The van der Waals surface area contributed by atoms with Gasteiger partial charge >= 0.3 is 5.97 Å². The highest BCUT2D eigenvalue weighted by Crippen LogP contribution is 2.38. The summed E-state index contributed by atoms with van der Waals surface area (Å²) in [6.07, 6.45) is 1.50. The number of thiophene rings is 1. The van der Waals surface area contributed by atoms with Crippen LogP contribution in [0.4, 0.5) is 0 Å². The van der Waals surface area contributed by atoms with Crippen LogP contribution in [0.3, 0.4) is 0 Å². The van der Waals surface area contributed by atoms with Gasteiger partial charge in [-0.05, 0) is 79.6 Å². The van der Waals surface area contributed by atoms with Crippen LogP contribution in [-0.2, 0) is 14.8 Å². The summed E-state index contributed by atoms with van der Waals surface area (Å²) < 4.78 is 35.7. The van der Waals surface area contributed by atoms with Crippen LogP contribution in [0.2, 0.25) is 5.02 Å². The molecule has 0 fully saturated rings. The van der Waals surface area contributed by atoms with Crippen molar-refractivity contribution >= 4 is 60.8 Å². The highest BCUT2D eigenvalue weighted by molar-refractivity contribution is 8.00. The molecule has 1 aromatic heterocycles. The van der Waals surface area contributed by atoms with E-state index >= 15 is 0 Å². The molecule has 0 spiro atoms. The van der Waals surface area contributed by atoms with E-state index in [1.807, 2.05) is 45.0 Å². The van der Waals surface area contributed by atoms with Crippen LogP contribution in [0.25, 0.3) is 10.1 Å². The minimum atomic E-state index is -3.68. The molecule has 0 bridgehead atoms. The smallest absolute Gasteiger partial charge is 0.341 e. The van der Waals surface area contributed by atoms with E-state index in [-0.39, 0.29) is 5.25 Å². The summed E-state index contributed by atoms with van der Waals surface area (Å²) in [6.45, 7) is 8.18. The van der Waals surface area contributed by atoms with Gasteiger partial charge in [0.25, 0.3) is 10.0 Å². The topological polar surface area (TPSA) is 83.9 Å². The number of carboxylic acids is 1. The average molecular weight is 556 g/mol. The number of aryl methyl sites for hydroxylation is 2. The number of nitrogens with zero attached hydrogens (tertiary/aromatic N) is 1. The Morgan fingerprint density at radius 1 is 1.20 bits per heavy atom. The van der Waals surface area contributed by atoms with Gasteiger partial charge in [0.1, 0.15) is 9.96 Å². The van der Waals surface area contributed by atoms with Crippen LogP contribution in [0.5, 0.6) is 5.75 Å². The largest absolute Gasteiger partial charge is 0.482 e. The highest BCUT2D eigenvalue weighted by atomic mass is 35.5. The van der Waals surface area contributed by atoms with E-state index in [9.17, 15) is 13.2 Å². The Hall–Kier alpha value is -1.78. The molecular formula is C25H30ClNO5S3. The Bertz CT molecular complexity index is 1310. The third-order valence-corrected chi connectivity index (χ3v) is 10.9. The maximum absolute atomic E-state index is 13.8. The van der Waals surface area contributed by atoms with Gasteiger partial charge < -0.3 is 9.84 Å². The fourth-order valence-corrected chi connectivity index (χ4v) is 8.68. The molecule has 0 aliphatic carbocycles. The molecule has 2 aromatic carbocycles. The van der Waals surface area contributed by atoms with Gasteiger partial charge in [0, 0.05) is 33.0 Å². The van der Waals surface area contributed by atoms with Gasteiger partial charge in [0.15, 0.2) is 6.61 Å². The Morgan fingerprint density at radius 3 is 2.57 bits per heavy atom. The van der Waals surface area contributed by atoms with Crippen molar-refractivity contribution in [3.05, 3.63) is 52.5 Å². The molecule has 35 heavy (non-hydrogen) atoms. The summed E-state index contributed by atoms with van der Waals surface area (Å²) in [4.78, 5) is 11.8. The van der Waals surface area contributed by atoms with Gasteiger partial charge in [-0.1, -0.05) is 25.4 Å². The number of thioether (sulfide) groups is 1. The zero-order valence-electron chi connectivity index (χ0n) is 20.2. The van der Waals surface area contributed by atoms with Gasteiger partial charge in [-0.25, -0.2) is 13.2 Å². The number of hydrogen-bond acceptors (Lipinski definition) is 6. The molecule has 10 heteroatoms. The molecule has 1 atom stereocenters. The fraction of sp³-hybridized carbons (Fsp3) is 0.400. The predicted molar refractivity (Wildman–Crippen MR) is 145 cm³/mol. The van der Waals surface area contributed by atoms with Gasteiger partial charge in [-0.3, -0.25) is 0 Å². The summed E-state index contributed by atoms with van der Waals surface area (Å²) in [5.41, 5.74) is 1.57. The van der Waals surface area contributed by atoms with E-state index in [0.29, 0.717) is 34.5 Å². The first-order valence-electron chi connectivity index (χ1n) is 11.4. The number of aliphatic carboxylic acids is 1. The van der Waals surface area contributed by atoms with Crippen molar-refractivity contribution in [1.29, 1.82) is 0 Å². The lowest BCUT2D eigenvalue weighted by atomic mass is 10.2. The SMILES string of the molecule is CCCN(C[C@@H](CC)Sc1ccc(OCC(=O)O)c(C)c1)S(=O)(=O)c1sc2ccc(Cl)cc2c1C. The molecule has 0 amide bonds. The first-order chi connectivity index (χ1) is 16.6. The molecule has 0 saturated carbocycles. The maximum atomic E-state index is 13.8. The third kappa shape index (κ3) is 6.71. The number of hydrogen-bond donors (Lipinski definition) is 1. The normalized spacial score (nSPS) is 12.9. The van der Waals surface area contributed by atoms with Crippen molar-refractivity contribution in [3.8, 4) is 5.75 Å². The molecule has 0 saturated heterocycles. The van der Waals surface area contributed by atoms with Crippen LogP contribution >= 0.6 is 34.7 Å². The summed E-state index contributed by atoms with van der Waals surface area (Å²) in [6, 6.07) is 11.1. The predicted octanol–water partition coefficient (Wildman–Crippen LogP) is 6.61. The lowest BCUT2D eigenvalue weighted by Gasteiger charge is -2.26. The zero-order valence-corrected chi connectivity index (χ0v) is 23.4. The van der Waals surface area contributed by atoms with Crippen molar-refractivity contribution in [3.63, 3.8) is 0 Å². The second-order valence-electron chi connectivity index (χ2n) is 8.28.